The molecule has 1 amide bonds. The number of hydrogen-bond donors (Lipinski definition) is 2. The number of aliphatic imine (C=N–C) groups is 1. The Balaban J connectivity index is 1.10. The SMILES string of the molecule is CCCc1cc(C(=O)NC2CCN(C)CC2)ccc1NC1=C/C=C/C2=C(/C=N\1)CCc1nn(C)c(-c3ccc(-c4cnn(C)c4)cc3)c12. The van der Waals surface area contributed by atoms with E-state index in [4.69, 9.17) is 10.1 Å². The van der Waals surface area contributed by atoms with E-state index >= 15 is 0 Å². The third-order valence-corrected chi connectivity index (χ3v) is 9.64. The van der Waals surface area contributed by atoms with Crippen LogP contribution in [0.5, 0.6) is 0 Å². The van der Waals surface area contributed by atoms with E-state index in [9.17, 15) is 4.79 Å². The van der Waals surface area contributed by atoms with Gasteiger partial charge in [0.1, 0.15) is 5.82 Å². The number of carbonyl (C=O) groups is 1. The lowest BCUT2D eigenvalue weighted by Crippen LogP contribution is -2.43. The maximum absolute atomic E-state index is 13.1. The van der Waals surface area contributed by atoms with Gasteiger partial charge in [-0.2, -0.15) is 10.2 Å². The second kappa shape index (κ2) is 13.6. The zero-order valence-electron chi connectivity index (χ0n) is 28.3. The summed E-state index contributed by atoms with van der Waals surface area (Å²) in [4.78, 5) is 20.4. The summed E-state index contributed by atoms with van der Waals surface area (Å²) in [5, 5.41) is 16.1. The molecule has 2 aromatic carbocycles. The van der Waals surface area contributed by atoms with Crippen LogP contribution in [0.2, 0.25) is 0 Å². The Morgan fingerprint density at radius 1 is 0.979 bits per heavy atom. The Morgan fingerprint density at radius 3 is 2.52 bits per heavy atom. The quantitative estimate of drug-likeness (QED) is 0.228. The molecule has 2 N–H and O–H groups in total. The number of aromatic nitrogens is 4. The van der Waals surface area contributed by atoms with Gasteiger partial charge in [-0.3, -0.25) is 14.2 Å². The number of amides is 1. The summed E-state index contributed by atoms with van der Waals surface area (Å²) < 4.78 is 3.84. The van der Waals surface area contributed by atoms with Crippen molar-refractivity contribution >= 4 is 23.4 Å². The van der Waals surface area contributed by atoms with Crippen molar-refractivity contribution in [3.8, 4) is 22.4 Å². The maximum Gasteiger partial charge on any atom is 0.251 e. The Labute approximate surface area is 282 Å². The number of aryl methyl sites for hydroxylation is 4. The van der Waals surface area contributed by atoms with Gasteiger partial charge in [-0.05, 0) is 98.8 Å². The molecule has 1 saturated heterocycles. The van der Waals surface area contributed by atoms with Crippen LogP contribution in [0.1, 0.15) is 59.8 Å². The maximum atomic E-state index is 13.1. The zero-order valence-corrected chi connectivity index (χ0v) is 28.3. The van der Waals surface area contributed by atoms with Gasteiger partial charge in [0.25, 0.3) is 5.91 Å². The third kappa shape index (κ3) is 6.55. The summed E-state index contributed by atoms with van der Waals surface area (Å²) in [5.74, 6) is 0.775. The van der Waals surface area contributed by atoms with Gasteiger partial charge in [-0.15, -0.1) is 0 Å². The predicted molar refractivity (Wildman–Crippen MR) is 194 cm³/mol. The van der Waals surface area contributed by atoms with Gasteiger partial charge >= 0.3 is 0 Å². The minimum Gasteiger partial charge on any atom is -0.349 e. The first-order valence-corrected chi connectivity index (χ1v) is 17.1. The Hall–Kier alpha value is -5.02. The number of likely N-dealkylation sites (tertiary alicyclic amines) is 1. The van der Waals surface area contributed by atoms with Crippen molar-refractivity contribution in [2.24, 2.45) is 19.1 Å². The fourth-order valence-electron chi connectivity index (χ4n) is 7.02. The average molecular weight is 641 g/mol. The lowest BCUT2D eigenvalue weighted by Gasteiger charge is -2.29. The van der Waals surface area contributed by atoms with E-state index in [1.807, 2.05) is 66.3 Å². The number of fused-ring (bicyclic) bond motifs is 2. The highest BCUT2D eigenvalue weighted by atomic mass is 16.1. The topological polar surface area (TPSA) is 92.4 Å². The van der Waals surface area contributed by atoms with Gasteiger partial charge < -0.3 is 15.5 Å². The van der Waals surface area contributed by atoms with Crippen molar-refractivity contribution in [1.82, 2.24) is 29.8 Å². The van der Waals surface area contributed by atoms with Gasteiger partial charge in [-0.25, -0.2) is 4.99 Å². The van der Waals surface area contributed by atoms with E-state index in [1.165, 1.54) is 16.7 Å². The minimum absolute atomic E-state index is 0.00919. The lowest BCUT2D eigenvalue weighted by atomic mass is 9.86. The fourth-order valence-corrected chi connectivity index (χ4v) is 7.02. The van der Waals surface area contributed by atoms with Crippen molar-refractivity contribution < 1.29 is 4.79 Å². The van der Waals surface area contributed by atoms with Gasteiger partial charge in [0, 0.05) is 60.5 Å². The number of benzene rings is 2. The molecule has 9 nitrogen and oxygen atoms in total. The molecule has 4 heterocycles. The van der Waals surface area contributed by atoms with Crippen molar-refractivity contribution in [3.63, 3.8) is 0 Å². The zero-order chi connectivity index (χ0) is 33.2. The number of anilines is 1. The van der Waals surface area contributed by atoms with Crippen molar-refractivity contribution in [2.45, 2.75) is 51.5 Å². The van der Waals surface area contributed by atoms with Crippen LogP contribution >= 0.6 is 0 Å². The number of allylic oxidation sites excluding steroid dienone is 5. The summed E-state index contributed by atoms with van der Waals surface area (Å²) >= 11 is 0. The molecule has 0 saturated carbocycles. The van der Waals surface area contributed by atoms with Crippen LogP contribution in [0.25, 0.3) is 28.0 Å². The molecule has 4 aromatic rings. The molecule has 0 unspecified atom stereocenters. The average Bonchev–Trinajstić information content (AvgIpc) is 3.66. The molecule has 0 atom stereocenters. The molecule has 2 aliphatic heterocycles. The van der Waals surface area contributed by atoms with E-state index in [0.717, 1.165) is 96.8 Å². The molecule has 246 valence electrons. The molecule has 1 fully saturated rings. The molecular formula is C39H44N8O. The number of nitrogens with one attached hydrogen (secondary N) is 2. The number of carbonyl (C=O) groups excluding carboxylic acids is 1. The first-order valence-electron chi connectivity index (χ1n) is 17.1. The normalized spacial score (nSPS) is 19.0. The molecule has 2 aromatic heterocycles. The van der Waals surface area contributed by atoms with E-state index in [1.54, 1.807) is 0 Å². The van der Waals surface area contributed by atoms with Crippen LogP contribution in [-0.4, -0.2) is 62.8 Å². The first-order chi connectivity index (χ1) is 23.4. The van der Waals surface area contributed by atoms with Crippen LogP contribution in [0.3, 0.4) is 0 Å². The van der Waals surface area contributed by atoms with Crippen molar-refractivity contribution in [3.05, 3.63) is 107 Å². The van der Waals surface area contributed by atoms with Crippen molar-refractivity contribution in [1.29, 1.82) is 0 Å². The number of rotatable bonds is 8. The van der Waals surface area contributed by atoms with Gasteiger partial charge in [0.2, 0.25) is 0 Å². The molecule has 0 bridgehead atoms. The van der Waals surface area contributed by atoms with E-state index in [2.05, 4.69) is 71.0 Å². The molecule has 3 aliphatic rings. The molecule has 7 rings (SSSR count). The number of nitrogens with zero attached hydrogens (tertiary/aromatic N) is 6. The predicted octanol–water partition coefficient (Wildman–Crippen LogP) is 6.56. The Bertz CT molecular complexity index is 1950. The minimum atomic E-state index is 0.00919. The van der Waals surface area contributed by atoms with Gasteiger partial charge in [-0.1, -0.05) is 49.8 Å². The first kappa shape index (κ1) is 31.6. The standard InChI is InChI=1S/C39H44N8O/c1-5-7-28-22-29(39(48)42-32-18-20-45(2)21-19-32)14-16-34(28)43-36-9-6-8-33-30(23-40-36)15-17-35-37(33)38(47(4)44-35)27-12-10-26(11-13-27)31-24-41-46(3)25-31/h6,8-14,16,22-25,32H,5,7,15,17-21H2,1-4H3,(H,40,43)(H,42,48). The number of piperidine rings is 1. The van der Waals surface area contributed by atoms with Crippen LogP contribution in [0.4, 0.5) is 5.69 Å². The molecule has 0 radical (unpaired) electrons. The van der Waals surface area contributed by atoms with Gasteiger partial charge in [0.05, 0.1) is 17.6 Å². The summed E-state index contributed by atoms with van der Waals surface area (Å²) in [6.07, 6.45) is 17.8. The highest BCUT2D eigenvalue weighted by molar-refractivity contribution is 6.00. The van der Waals surface area contributed by atoms with E-state index in [-0.39, 0.29) is 11.9 Å². The second-order valence-corrected chi connectivity index (χ2v) is 13.2. The van der Waals surface area contributed by atoms with Crippen LogP contribution < -0.4 is 10.6 Å². The highest BCUT2D eigenvalue weighted by Crippen LogP contribution is 2.39. The molecule has 48 heavy (non-hydrogen) atoms. The Kier molecular flexibility index (Phi) is 8.95. The second-order valence-electron chi connectivity index (χ2n) is 13.2. The molecule has 1 aliphatic carbocycles. The lowest BCUT2D eigenvalue weighted by molar-refractivity contribution is 0.0916. The van der Waals surface area contributed by atoms with Crippen LogP contribution in [0, 0.1) is 0 Å². The highest BCUT2D eigenvalue weighted by Gasteiger charge is 2.26. The molecule has 9 heteroatoms. The monoisotopic (exact) mass is 640 g/mol. The molecular weight excluding hydrogens is 596 g/mol. The summed E-state index contributed by atoms with van der Waals surface area (Å²) in [6, 6.07) is 14.9. The molecule has 0 spiro atoms. The third-order valence-electron chi connectivity index (χ3n) is 9.64. The summed E-state index contributed by atoms with van der Waals surface area (Å²) in [7, 11) is 6.10. The van der Waals surface area contributed by atoms with Crippen LogP contribution in [-0.2, 0) is 26.9 Å². The summed E-state index contributed by atoms with van der Waals surface area (Å²) in [6.45, 7) is 4.20. The number of hydrogen-bond acceptors (Lipinski definition) is 6. The van der Waals surface area contributed by atoms with E-state index in [0.29, 0.717) is 5.56 Å². The largest absolute Gasteiger partial charge is 0.349 e. The Morgan fingerprint density at radius 2 is 1.77 bits per heavy atom. The van der Waals surface area contributed by atoms with Crippen LogP contribution in [0.15, 0.2) is 89.5 Å². The van der Waals surface area contributed by atoms with Crippen molar-refractivity contribution in [2.75, 3.05) is 25.5 Å². The van der Waals surface area contributed by atoms with Gasteiger partial charge in [0.15, 0.2) is 0 Å². The van der Waals surface area contributed by atoms with E-state index < -0.39 is 0 Å². The summed E-state index contributed by atoms with van der Waals surface area (Å²) in [5.41, 5.74) is 12.0. The smallest absolute Gasteiger partial charge is 0.251 e. The fraction of sp³-hybridized carbons (Fsp3) is 0.333.